The third-order valence-corrected chi connectivity index (χ3v) is 8.08. The molecule has 1 aromatic carbocycles. The van der Waals surface area contributed by atoms with E-state index in [-0.39, 0.29) is 17.1 Å². The van der Waals surface area contributed by atoms with Gasteiger partial charge in [-0.1, -0.05) is 36.4 Å². The van der Waals surface area contributed by atoms with Crippen molar-refractivity contribution >= 4 is 45.1 Å². The van der Waals surface area contributed by atoms with Crippen LogP contribution >= 0.6 is 23.1 Å². The summed E-state index contributed by atoms with van der Waals surface area (Å²) in [5.41, 5.74) is 1.93. The van der Waals surface area contributed by atoms with Crippen LogP contribution in [0.25, 0.3) is 10.2 Å². The van der Waals surface area contributed by atoms with Gasteiger partial charge in [0.1, 0.15) is 16.2 Å². The van der Waals surface area contributed by atoms with Gasteiger partial charge in [-0.25, -0.2) is 9.97 Å². The second kappa shape index (κ2) is 7.88. The molecule has 2 aliphatic rings. The normalized spacial score (nSPS) is 19.4. The Hall–Kier alpha value is -2.25. The molecule has 0 bridgehead atoms. The summed E-state index contributed by atoms with van der Waals surface area (Å²) in [6.45, 7) is 0.483. The summed E-state index contributed by atoms with van der Waals surface area (Å²) >= 11 is 3.27. The molecule has 148 valence electrons. The van der Waals surface area contributed by atoms with Crippen LogP contribution in [0.5, 0.6) is 0 Å². The van der Waals surface area contributed by atoms with E-state index in [1.165, 1.54) is 33.5 Å². The quantitative estimate of drug-likeness (QED) is 0.459. The number of aryl methyl sites for hydroxylation is 2. The van der Waals surface area contributed by atoms with Gasteiger partial charge in [0, 0.05) is 22.4 Å². The summed E-state index contributed by atoms with van der Waals surface area (Å²) in [6, 6.07) is 9.07. The van der Waals surface area contributed by atoms with E-state index in [0.717, 1.165) is 47.3 Å². The topological polar surface area (TPSA) is 63.2 Å². The van der Waals surface area contributed by atoms with Gasteiger partial charge in [0.05, 0.1) is 5.25 Å². The maximum absolute atomic E-state index is 13.3. The Labute approximate surface area is 177 Å². The fourth-order valence-corrected chi connectivity index (χ4v) is 6.70. The number of thioether (sulfide) groups is 1. The average Bonchev–Trinajstić information content (AvgIpc) is 3.29. The number of carbonyl (C=O) groups excluding carboxylic acids is 2. The van der Waals surface area contributed by atoms with Crippen LogP contribution < -0.4 is 0 Å². The first kappa shape index (κ1) is 18.8. The summed E-state index contributed by atoms with van der Waals surface area (Å²) in [7, 11) is 0. The highest BCUT2D eigenvalue weighted by Crippen LogP contribution is 2.42. The van der Waals surface area contributed by atoms with Gasteiger partial charge in [-0.05, 0) is 49.8 Å². The first-order chi connectivity index (χ1) is 14.2. The van der Waals surface area contributed by atoms with E-state index in [4.69, 9.17) is 0 Å². The lowest BCUT2D eigenvalue weighted by Gasteiger charge is -2.22. The molecule has 7 heteroatoms. The summed E-state index contributed by atoms with van der Waals surface area (Å²) in [5, 5.41) is 1.73. The van der Waals surface area contributed by atoms with E-state index in [0.29, 0.717) is 12.1 Å². The van der Waals surface area contributed by atoms with E-state index < -0.39 is 0 Å². The number of likely N-dealkylation sites (tertiary alicyclic amines) is 1. The highest BCUT2D eigenvalue weighted by atomic mass is 32.2. The van der Waals surface area contributed by atoms with Crippen molar-refractivity contribution in [2.24, 2.45) is 0 Å². The maximum Gasteiger partial charge on any atom is 0.260 e. The van der Waals surface area contributed by atoms with E-state index in [9.17, 15) is 9.59 Å². The Kier molecular flexibility index (Phi) is 5.09. The van der Waals surface area contributed by atoms with Gasteiger partial charge in [0.15, 0.2) is 0 Å². The Balaban J connectivity index is 1.45. The molecule has 0 saturated carbocycles. The van der Waals surface area contributed by atoms with E-state index >= 15 is 0 Å². The monoisotopic (exact) mass is 423 g/mol. The van der Waals surface area contributed by atoms with Gasteiger partial charge in [0.25, 0.3) is 5.91 Å². The number of thiophene rings is 1. The van der Waals surface area contributed by atoms with Crippen molar-refractivity contribution in [3.05, 3.63) is 52.7 Å². The van der Waals surface area contributed by atoms with Crippen LogP contribution in [0.2, 0.25) is 0 Å². The number of aromatic nitrogens is 2. The number of fused-ring (bicyclic) bond motifs is 3. The van der Waals surface area contributed by atoms with Crippen molar-refractivity contribution in [1.29, 1.82) is 0 Å². The standard InChI is InChI=1S/C22H21N3O2S2/c26-21(14-7-2-1-3-8-14)25-12-5-4-10-17(22(25)27)29-20-18-15-9-6-11-16(15)28-19(18)23-13-24-20/h1-3,7-8,13,17H,4-6,9-12H2. The molecule has 2 aromatic heterocycles. The van der Waals surface area contributed by atoms with E-state index in [2.05, 4.69) is 9.97 Å². The molecule has 1 unspecified atom stereocenters. The van der Waals surface area contributed by atoms with Crippen molar-refractivity contribution in [2.45, 2.75) is 48.8 Å². The van der Waals surface area contributed by atoms with Crippen LogP contribution in [0.3, 0.4) is 0 Å². The molecule has 29 heavy (non-hydrogen) atoms. The van der Waals surface area contributed by atoms with Crippen molar-refractivity contribution in [3.63, 3.8) is 0 Å². The highest BCUT2D eigenvalue weighted by Gasteiger charge is 2.33. The Morgan fingerprint density at radius 1 is 1.10 bits per heavy atom. The Morgan fingerprint density at radius 3 is 2.83 bits per heavy atom. The van der Waals surface area contributed by atoms with Crippen LogP contribution in [0.1, 0.15) is 46.5 Å². The average molecular weight is 424 g/mol. The second-order valence-corrected chi connectivity index (χ2v) is 9.75. The van der Waals surface area contributed by atoms with Gasteiger partial charge in [0.2, 0.25) is 5.91 Å². The zero-order valence-corrected chi connectivity index (χ0v) is 17.6. The Morgan fingerprint density at radius 2 is 1.97 bits per heavy atom. The molecule has 3 aromatic rings. The van der Waals surface area contributed by atoms with Gasteiger partial charge in [-0.15, -0.1) is 11.3 Å². The highest BCUT2D eigenvalue weighted by molar-refractivity contribution is 8.00. The summed E-state index contributed by atoms with van der Waals surface area (Å²) in [6.07, 6.45) is 7.49. The van der Waals surface area contributed by atoms with E-state index in [1.54, 1.807) is 29.8 Å². The minimum atomic E-state index is -0.291. The van der Waals surface area contributed by atoms with E-state index in [1.807, 2.05) is 18.2 Å². The number of hydrogen-bond acceptors (Lipinski definition) is 6. The third kappa shape index (κ3) is 3.46. The molecule has 5 rings (SSSR count). The number of amides is 2. The number of benzene rings is 1. The second-order valence-electron chi connectivity index (χ2n) is 7.48. The molecule has 1 saturated heterocycles. The van der Waals surface area contributed by atoms with Crippen molar-refractivity contribution in [2.75, 3.05) is 6.54 Å². The number of imide groups is 1. The SMILES string of the molecule is O=C(c1ccccc1)N1CCCCC(Sc2ncnc3sc4c(c23)CCC4)C1=O. The minimum Gasteiger partial charge on any atom is -0.278 e. The molecule has 3 heterocycles. The molecular formula is C22H21N3O2S2. The Bertz CT molecular complexity index is 1080. The predicted octanol–water partition coefficient (Wildman–Crippen LogP) is 4.49. The van der Waals surface area contributed by atoms with Gasteiger partial charge in [-0.3, -0.25) is 14.5 Å². The molecule has 2 amide bonds. The van der Waals surface area contributed by atoms with Gasteiger partial charge in [-0.2, -0.15) is 0 Å². The number of carbonyl (C=O) groups is 2. The lowest BCUT2D eigenvalue weighted by atomic mass is 10.2. The smallest absolute Gasteiger partial charge is 0.260 e. The first-order valence-electron chi connectivity index (χ1n) is 10.0. The molecule has 1 aliphatic carbocycles. The molecule has 1 aliphatic heterocycles. The minimum absolute atomic E-state index is 0.0972. The molecule has 5 nitrogen and oxygen atoms in total. The third-order valence-electron chi connectivity index (χ3n) is 5.63. The lowest BCUT2D eigenvalue weighted by Crippen LogP contribution is -2.41. The number of rotatable bonds is 3. The summed E-state index contributed by atoms with van der Waals surface area (Å²) in [4.78, 5) is 39.2. The van der Waals surface area contributed by atoms with Crippen molar-refractivity contribution in [1.82, 2.24) is 14.9 Å². The predicted molar refractivity (Wildman–Crippen MR) is 115 cm³/mol. The van der Waals surface area contributed by atoms with Gasteiger partial charge >= 0.3 is 0 Å². The number of nitrogens with zero attached hydrogens (tertiary/aromatic N) is 3. The van der Waals surface area contributed by atoms with Gasteiger partial charge < -0.3 is 0 Å². The first-order valence-corrected chi connectivity index (χ1v) is 11.7. The van der Waals surface area contributed by atoms with Crippen LogP contribution in [0, 0.1) is 0 Å². The summed E-state index contributed by atoms with van der Waals surface area (Å²) < 4.78 is 0. The molecule has 1 atom stereocenters. The zero-order valence-electron chi connectivity index (χ0n) is 16.0. The fraction of sp³-hybridized carbons (Fsp3) is 0.364. The molecular weight excluding hydrogens is 402 g/mol. The van der Waals surface area contributed by atoms with Crippen LogP contribution in [0.4, 0.5) is 0 Å². The van der Waals surface area contributed by atoms with Crippen molar-refractivity contribution in [3.8, 4) is 0 Å². The van der Waals surface area contributed by atoms with Crippen LogP contribution in [-0.4, -0.2) is 38.5 Å². The molecule has 0 spiro atoms. The molecule has 1 fully saturated rings. The zero-order chi connectivity index (χ0) is 19.8. The largest absolute Gasteiger partial charge is 0.278 e. The fourth-order valence-electron chi connectivity index (χ4n) is 4.18. The number of hydrogen-bond donors (Lipinski definition) is 0. The van der Waals surface area contributed by atoms with Crippen LogP contribution in [-0.2, 0) is 17.6 Å². The maximum atomic E-state index is 13.3. The summed E-state index contributed by atoms with van der Waals surface area (Å²) in [5.74, 6) is -0.299. The lowest BCUT2D eigenvalue weighted by molar-refractivity contribution is -0.127. The molecule has 0 radical (unpaired) electrons. The van der Waals surface area contributed by atoms with Crippen LogP contribution in [0.15, 0.2) is 41.7 Å². The molecule has 0 N–H and O–H groups in total. The van der Waals surface area contributed by atoms with Crippen molar-refractivity contribution < 1.29 is 9.59 Å².